The molecule has 1 aliphatic heterocycles. The van der Waals surface area contributed by atoms with Gasteiger partial charge in [-0.3, -0.25) is 4.79 Å². The lowest BCUT2D eigenvalue weighted by Gasteiger charge is -2.31. The van der Waals surface area contributed by atoms with Gasteiger partial charge in [0.05, 0.1) is 28.9 Å². The summed E-state index contributed by atoms with van der Waals surface area (Å²) < 4.78 is 41.4. The summed E-state index contributed by atoms with van der Waals surface area (Å²) in [5.41, 5.74) is -1.00. The van der Waals surface area contributed by atoms with Crippen molar-refractivity contribution in [3.63, 3.8) is 0 Å². The Morgan fingerprint density at radius 3 is 2.70 bits per heavy atom. The highest BCUT2D eigenvalue weighted by atomic mass is 32.2. The van der Waals surface area contributed by atoms with Crippen molar-refractivity contribution in [3.05, 3.63) is 35.8 Å². The van der Waals surface area contributed by atoms with Crippen molar-refractivity contribution in [2.24, 2.45) is 0 Å². The van der Waals surface area contributed by atoms with E-state index in [1.807, 2.05) is 0 Å². The van der Waals surface area contributed by atoms with Gasteiger partial charge in [0.25, 0.3) is 5.91 Å². The largest absolute Gasteiger partial charge is 0.461 e. The number of furan rings is 1. The zero-order valence-corrected chi connectivity index (χ0v) is 13.0. The predicted molar refractivity (Wildman–Crippen MR) is 81.3 cm³/mol. The van der Waals surface area contributed by atoms with Crippen LogP contribution in [0.2, 0.25) is 0 Å². The van der Waals surface area contributed by atoms with E-state index in [2.05, 4.69) is 5.32 Å². The van der Waals surface area contributed by atoms with Crippen LogP contribution in [-0.2, 0) is 9.84 Å². The molecule has 0 atom stereocenters. The van der Waals surface area contributed by atoms with Gasteiger partial charge >= 0.3 is 0 Å². The van der Waals surface area contributed by atoms with E-state index in [-0.39, 0.29) is 42.0 Å². The van der Waals surface area contributed by atoms with Gasteiger partial charge in [-0.2, -0.15) is 0 Å². The van der Waals surface area contributed by atoms with E-state index in [9.17, 15) is 22.7 Å². The highest BCUT2D eigenvalue weighted by Crippen LogP contribution is 2.25. The van der Waals surface area contributed by atoms with Crippen molar-refractivity contribution in [1.82, 2.24) is 5.32 Å². The van der Waals surface area contributed by atoms with Crippen LogP contribution in [0.3, 0.4) is 0 Å². The number of carbonyl (C=O) groups excluding carboxylic acids is 1. The van der Waals surface area contributed by atoms with Gasteiger partial charge in [0.15, 0.2) is 21.2 Å². The molecule has 1 aromatic carbocycles. The van der Waals surface area contributed by atoms with Gasteiger partial charge in [0.1, 0.15) is 0 Å². The van der Waals surface area contributed by atoms with Crippen molar-refractivity contribution in [2.75, 3.05) is 18.1 Å². The number of fused-ring (bicyclic) bond motifs is 1. The maximum Gasteiger partial charge on any atom is 0.252 e. The van der Waals surface area contributed by atoms with Gasteiger partial charge in [-0.15, -0.1) is 0 Å². The second kappa shape index (κ2) is 5.61. The Morgan fingerprint density at radius 1 is 1.30 bits per heavy atom. The maximum atomic E-state index is 13.6. The van der Waals surface area contributed by atoms with Gasteiger partial charge in [0, 0.05) is 11.9 Å². The summed E-state index contributed by atoms with van der Waals surface area (Å²) in [5, 5.41) is 13.3. The fraction of sp³-hybridized carbons (Fsp3) is 0.400. The van der Waals surface area contributed by atoms with Gasteiger partial charge in [-0.25, -0.2) is 12.8 Å². The second-order valence-corrected chi connectivity index (χ2v) is 8.12. The summed E-state index contributed by atoms with van der Waals surface area (Å²) >= 11 is 0. The van der Waals surface area contributed by atoms with E-state index < -0.39 is 27.2 Å². The summed E-state index contributed by atoms with van der Waals surface area (Å²) in [6.45, 7) is -0.0575. The molecule has 0 unspecified atom stereocenters. The minimum Gasteiger partial charge on any atom is -0.461 e. The van der Waals surface area contributed by atoms with Crippen LogP contribution in [0.1, 0.15) is 23.2 Å². The number of carbonyl (C=O) groups is 1. The first-order valence-corrected chi connectivity index (χ1v) is 8.99. The van der Waals surface area contributed by atoms with Crippen LogP contribution in [0.15, 0.2) is 28.9 Å². The zero-order chi connectivity index (χ0) is 16.7. The van der Waals surface area contributed by atoms with Crippen LogP contribution < -0.4 is 5.32 Å². The third kappa shape index (κ3) is 3.23. The SMILES string of the molecule is O=C(NCC1(O)CCS(=O)(=O)CC1)c1ccc(F)c2occc12. The third-order valence-corrected chi connectivity index (χ3v) is 5.80. The third-order valence-electron chi connectivity index (χ3n) is 4.15. The van der Waals surface area contributed by atoms with Gasteiger partial charge in [0.2, 0.25) is 0 Å². The number of nitrogens with one attached hydrogen (secondary N) is 1. The Hall–Kier alpha value is -1.93. The van der Waals surface area contributed by atoms with Crippen molar-refractivity contribution >= 4 is 26.7 Å². The van der Waals surface area contributed by atoms with Crippen LogP contribution in [0, 0.1) is 5.82 Å². The highest BCUT2D eigenvalue weighted by Gasteiger charge is 2.35. The molecule has 0 saturated carbocycles. The van der Waals surface area contributed by atoms with E-state index in [1.54, 1.807) is 0 Å². The molecule has 1 amide bonds. The number of rotatable bonds is 3. The van der Waals surface area contributed by atoms with Crippen LogP contribution in [0.25, 0.3) is 11.0 Å². The second-order valence-electron chi connectivity index (χ2n) is 5.82. The Bertz CT molecular complexity index is 844. The summed E-state index contributed by atoms with van der Waals surface area (Å²) in [7, 11) is -3.10. The van der Waals surface area contributed by atoms with E-state index in [0.29, 0.717) is 5.39 Å². The van der Waals surface area contributed by atoms with E-state index in [1.165, 1.54) is 18.4 Å². The summed E-state index contributed by atoms with van der Waals surface area (Å²) in [6.07, 6.45) is 1.46. The molecule has 0 aliphatic carbocycles. The zero-order valence-electron chi connectivity index (χ0n) is 12.2. The van der Waals surface area contributed by atoms with Crippen molar-refractivity contribution in [1.29, 1.82) is 0 Å². The topological polar surface area (TPSA) is 96.6 Å². The fourth-order valence-electron chi connectivity index (χ4n) is 2.66. The summed E-state index contributed by atoms with van der Waals surface area (Å²) in [5.74, 6) is -1.22. The summed E-state index contributed by atoms with van der Waals surface area (Å²) in [6, 6.07) is 3.98. The van der Waals surface area contributed by atoms with Gasteiger partial charge < -0.3 is 14.8 Å². The average Bonchev–Trinajstić information content (AvgIpc) is 2.99. The van der Waals surface area contributed by atoms with Crippen LogP contribution in [-0.4, -0.2) is 43.1 Å². The lowest BCUT2D eigenvalue weighted by atomic mass is 9.96. The first kappa shape index (κ1) is 15.9. The molecular weight excluding hydrogens is 325 g/mol. The molecule has 23 heavy (non-hydrogen) atoms. The Morgan fingerprint density at radius 2 is 2.00 bits per heavy atom. The first-order valence-electron chi connectivity index (χ1n) is 7.16. The molecule has 1 aliphatic rings. The number of hydrogen-bond donors (Lipinski definition) is 2. The molecule has 0 radical (unpaired) electrons. The molecule has 0 bridgehead atoms. The van der Waals surface area contributed by atoms with Crippen molar-refractivity contribution in [2.45, 2.75) is 18.4 Å². The Labute approximate surface area is 132 Å². The Balaban J connectivity index is 1.72. The van der Waals surface area contributed by atoms with Crippen molar-refractivity contribution < 1.29 is 27.1 Å². The number of amides is 1. The van der Waals surface area contributed by atoms with Gasteiger partial charge in [-0.05, 0) is 31.0 Å². The summed E-state index contributed by atoms with van der Waals surface area (Å²) in [4.78, 5) is 12.3. The van der Waals surface area contributed by atoms with Gasteiger partial charge in [-0.1, -0.05) is 0 Å². The van der Waals surface area contributed by atoms with Crippen molar-refractivity contribution in [3.8, 4) is 0 Å². The molecule has 1 fully saturated rings. The lowest BCUT2D eigenvalue weighted by molar-refractivity contribution is 0.0296. The standard InChI is InChI=1S/C15H16FNO5S/c16-12-2-1-11(10-3-6-22-13(10)12)14(18)17-9-15(19)4-7-23(20,21)8-5-15/h1-3,6,19H,4-5,7-9H2,(H,17,18). The highest BCUT2D eigenvalue weighted by molar-refractivity contribution is 7.91. The average molecular weight is 341 g/mol. The molecule has 2 N–H and O–H groups in total. The monoisotopic (exact) mass is 341 g/mol. The minimum atomic E-state index is -3.10. The molecule has 8 heteroatoms. The number of sulfone groups is 1. The van der Waals surface area contributed by atoms with Crippen LogP contribution in [0.5, 0.6) is 0 Å². The molecule has 1 aromatic heterocycles. The predicted octanol–water partition coefficient (Wildman–Crippen LogP) is 1.24. The van der Waals surface area contributed by atoms with Crippen LogP contribution in [0.4, 0.5) is 4.39 Å². The van der Waals surface area contributed by atoms with E-state index in [0.717, 1.165) is 6.07 Å². The number of aliphatic hydroxyl groups is 1. The molecule has 1 saturated heterocycles. The maximum absolute atomic E-state index is 13.6. The van der Waals surface area contributed by atoms with Crippen LogP contribution >= 0.6 is 0 Å². The first-order chi connectivity index (χ1) is 10.8. The molecular formula is C15H16FNO5S. The number of benzene rings is 1. The molecule has 6 nitrogen and oxygen atoms in total. The minimum absolute atomic E-state index is 0.000113. The molecule has 124 valence electrons. The number of hydrogen-bond acceptors (Lipinski definition) is 5. The lowest BCUT2D eigenvalue weighted by Crippen LogP contribution is -2.48. The number of halogens is 1. The Kier molecular flexibility index (Phi) is 3.89. The quantitative estimate of drug-likeness (QED) is 0.876. The van der Waals surface area contributed by atoms with E-state index in [4.69, 9.17) is 4.42 Å². The molecule has 2 heterocycles. The smallest absolute Gasteiger partial charge is 0.252 e. The molecule has 0 spiro atoms. The normalized spacial score (nSPS) is 19.6. The fourth-order valence-corrected chi connectivity index (χ4v) is 4.25. The van der Waals surface area contributed by atoms with E-state index >= 15 is 0 Å². The molecule has 3 rings (SSSR count). The molecule has 2 aromatic rings.